The second-order valence-corrected chi connectivity index (χ2v) is 3.95. The molecule has 1 aromatic rings. The van der Waals surface area contributed by atoms with Crippen LogP contribution in [0.4, 0.5) is 5.95 Å². The highest BCUT2D eigenvalue weighted by molar-refractivity contribution is 5.26. The van der Waals surface area contributed by atoms with E-state index >= 15 is 0 Å². The van der Waals surface area contributed by atoms with Crippen LogP contribution in [0.25, 0.3) is 0 Å². The highest BCUT2D eigenvalue weighted by Crippen LogP contribution is 2.22. The molecule has 0 spiro atoms. The lowest BCUT2D eigenvalue weighted by molar-refractivity contribution is 0.186. The maximum absolute atomic E-state index is 5.38. The highest BCUT2D eigenvalue weighted by Gasteiger charge is 2.19. The second kappa shape index (κ2) is 5.86. The molecule has 1 saturated heterocycles. The van der Waals surface area contributed by atoms with Crippen LogP contribution in [-0.4, -0.2) is 43.0 Å². The van der Waals surface area contributed by atoms with Crippen molar-refractivity contribution >= 4 is 5.95 Å². The fourth-order valence-electron chi connectivity index (χ4n) is 1.90. The topological polar surface area (TPSA) is 48.3 Å². The van der Waals surface area contributed by atoms with Gasteiger partial charge in [-0.2, -0.15) is 0 Å². The summed E-state index contributed by atoms with van der Waals surface area (Å²) in [4.78, 5) is 4.31. The highest BCUT2D eigenvalue weighted by atomic mass is 16.5. The molecule has 1 unspecified atom stereocenters. The quantitative estimate of drug-likeness (QED) is 0.741. The van der Waals surface area contributed by atoms with E-state index in [0.717, 1.165) is 45.2 Å². The third kappa shape index (κ3) is 2.74. The number of aromatic nitrogens is 2. The maximum atomic E-state index is 5.38. The Morgan fingerprint density at radius 2 is 2.62 bits per heavy atom. The molecule has 0 saturated carbocycles. The van der Waals surface area contributed by atoms with Crippen LogP contribution in [0.1, 0.15) is 18.9 Å². The Labute approximate surface area is 95.8 Å². The summed E-state index contributed by atoms with van der Waals surface area (Å²) in [6, 6.07) is 0.437. The molecule has 1 atom stereocenters. The Hall–Kier alpha value is -1.07. The largest absolute Gasteiger partial charge is 0.385 e. The summed E-state index contributed by atoms with van der Waals surface area (Å²) in [6.45, 7) is 3.31. The molecule has 0 aliphatic carbocycles. The van der Waals surface area contributed by atoms with E-state index in [4.69, 9.17) is 9.47 Å². The molecule has 5 heteroatoms. The van der Waals surface area contributed by atoms with E-state index in [1.807, 2.05) is 12.4 Å². The number of nitrogens with one attached hydrogen (secondary N) is 1. The number of rotatable bonds is 6. The van der Waals surface area contributed by atoms with Gasteiger partial charge in [0.05, 0.1) is 12.6 Å². The number of ether oxygens (including phenoxy) is 2. The zero-order chi connectivity index (χ0) is 11.2. The monoisotopic (exact) mass is 225 g/mol. The van der Waals surface area contributed by atoms with Crippen molar-refractivity contribution in [2.75, 3.05) is 38.8 Å². The van der Waals surface area contributed by atoms with Gasteiger partial charge in [0.2, 0.25) is 5.95 Å². The lowest BCUT2D eigenvalue weighted by atomic mass is 10.2. The number of anilines is 1. The first-order valence-corrected chi connectivity index (χ1v) is 5.75. The SMILES string of the molecule is COCCCNc1nccn1C1CCOC1. The minimum absolute atomic E-state index is 0.437. The molecule has 1 aliphatic rings. The predicted octanol–water partition coefficient (Wildman–Crippen LogP) is 1.29. The Morgan fingerprint density at radius 1 is 1.69 bits per heavy atom. The van der Waals surface area contributed by atoms with Gasteiger partial charge in [0, 0.05) is 39.3 Å². The van der Waals surface area contributed by atoms with Gasteiger partial charge in [-0.05, 0) is 12.8 Å². The molecule has 5 nitrogen and oxygen atoms in total. The van der Waals surface area contributed by atoms with Crippen molar-refractivity contribution in [2.24, 2.45) is 0 Å². The van der Waals surface area contributed by atoms with Crippen LogP contribution in [0, 0.1) is 0 Å². The summed E-state index contributed by atoms with van der Waals surface area (Å²) in [5.74, 6) is 0.937. The van der Waals surface area contributed by atoms with E-state index in [1.54, 1.807) is 7.11 Å². The van der Waals surface area contributed by atoms with Crippen LogP contribution in [0.15, 0.2) is 12.4 Å². The molecule has 0 amide bonds. The molecular weight excluding hydrogens is 206 g/mol. The molecule has 90 valence electrons. The summed E-state index contributed by atoms with van der Waals surface area (Å²) in [5.41, 5.74) is 0. The van der Waals surface area contributed by atoms with Crippen LogP contribution in [0.2, 0.25) is 0 Å². The molecule has 0 radical (unpaired) electrons. The van der Waals surface area contributed by atoms with Gasteiger partial charge in [-0.25, -0.2) is 4.98 Å². The van der Waals surface area contributed by atoms with Crippen molar-refractivity contribution in [3.8, 4) is 0 Å². The maximum Gasteiger partial charge on any atom is 0.203 e. The Balaban J connectivity index is 1.86. The summed E-state index contributed by atoms with van der Waals surface area (Å²) in [5, 5.41) is 3.32. The number of methoxy groups -OCH3 is 1. The molecule has 16 heavy (non-hydrogen) atoms. The van der Waals surface area contributed by atoms with Gasteiger partial charge in [-0.3, -0.25) is 0 Å². The van der Waals surface area contributed by atoms with Gasteiger partial charge < -0.3 is 19.4 Å². The van der Waals surface area contributed by atoms with Crippen LogP contribution >= 0.6 is 0 Å². The zero-order valence-electron chi connectivity index (χ0n) is 9.69. The normalized spacial score (nSPS) is 20.2. The van der Waals surface area contributed by atoms with E-state index in [1.165, 1.54) is 0 Å². The van der Waals surface area contributed by atoms with Crippen molar-refractivity contribution in [1.29, 1.82) is 0 Å². The number of nitrogens with zero attached hydrogens (tertiary/aromatic N) is 2. The third-order valence-corrected chi connectivity index (χ3v) is 2.78. The molecule has 1 fully saturated rings. The minimum Gasteiger partial charge on any atom is -0.385 e. The van der Waals surface area contributed by atoms with Crippen molar-refractivity contribution < 1.29 is 9.47 Å². The van der Waals surface area contributed by atoms with Crippen molar-refractivity contribution in [1.82, 2.24) is 9.55 Å². The smallest absolute Gasteiger partial charge is 0.203 e. The second-order valence-electron chi connectivity index (χ2n) is 3.95. The van der Waals surface area contributed by atoms with Gasteiger partial charge in [-0.1, -0.05) is 0 Å². The predicted molar refractivity (Wildman–Crippen MR) is 61.7 cm³/mol. The number of imidazole rings is 1. The molecule has 1 aromatic heterocycles. The first-order chi connectivity index (χ1) is 7.92. The molecule has 2 rings (SSSR count). The van der Waals surface area contributed by atoms with E-state index in [0.29, 0.717) is 6.04 Å². The van der Waals surface area contributed by atoms with E-state index < -0.39 is 0 Å². The van der Waals surface area contributed by atoms with Crippen LogP contribution in [-0.2, 0) is 9.47 Å². The van der Waals surface area contributed by atoms with E-state index in [-0.39, 0.29) is 0 Å². The summed E-state index contributed by atoms with van der Waals surface area (Å²) in [6.07, 6.45) is 5.91. The van der Waals surface area contributed by atoms with Crippen molar-refractivity contribution in [2.45, 2.75) is 18.9 Å². The van der Waals surface area contributed by atoms with Gasteiger partial charge in [-0.15, -0.1) is 0 Å². The average Bonchev–Trinajstić information content (AvgIpc) is 2.94. The van der Waals surface area contributed by atoms with Gasteiger partial charge in [0.15, 0.2) is 0 Å². The van der Waals surface area contributed by atoms with Crippen LogP contribution in [0.5, 0.6) is 0 Å². The molecule has 1 aliphatic heterocycles. The van der Waals surface area contributed by atoms with E-state index in [9.17, 15) is 0 Å². The first kappa shape index (κ1) is 11.4. The molecular formula is C11H19N3O2. The minimum atomic E-state index is 0.437. The molecule has 0 aromatic carbocycles. The fourth-order valence-corrected chi connectivity index (χ4v) is 1.90. The molecule has 2 heterocycles. The van der Waals surface area contributed by atoms with E-state index in [2.05, 4.69) is 14.9 Å². The summed E-state index contributed by atoms with van der Waals surface area (Å²) >= 11 is 0. The lowest BCUT2D eigenvalue weighted by Crippen LogP contribution is -2.14. The zero-order valence-corrected chi connectivity index (χ0v) is 9.69. The Kier molecular flexibility index (Phi) is 4.18. The number of hydrogen-bond acceptors (Lipinski definition) is 4. The fraction of sp³-hybridized carbons (Fsp3) is 0.727. The standard InChI is InChI=1S/C11H19N3O2/c1-15-7-2-4-12-11-13-5-6-14(11)10-3-8-16-9-10/h5-6,10H,2-4,7-9H2,1H3,(H,12,13). The van der Waals surface area contributed by atoms with Crippen LogP contribution < -0.4 is 5.32 Å². The molecule has 0 bridgehead atoms. The van der Waals surface area contributed by atoms with Crippen molar-refractivity contribution in [3.63, 3.8) is 0 Å². The number of hydrogen-bond donors (Lipinski definition) is 1. The van der Waals surface area contributed by atoms with Crippen molar-refractivity contribution in [3.05, 3.63) is 12.4 Å². The average molecular weight is 225 g/mol. The third-order valence-electron chi connectivity index (χ3n) is 2.78. The lowest BCUT2D eigenvalue weighted by Gasteiger charge is -2.14. The summed E-state index contributed by atoms with van der Waals surface area (Å²) in [7, 11) is 1.72. The van der Waals surface area contributed by atoms with Crippen LogP contribution in [0.3, 0.4) is 0 Å². The Bertz CT molecular complexity index is 308. The first-order valence-electron chi connectivity index (χ1n) is 5.75. The molecule has 1 N–H and O–H groups in total. The van der Waals surface area contributed by atoms with Gasteiger partial charge in [0.1, 0.15) is 0 Å². The Morgan fingerprint density at radius 3 is 3.38 bits per heavy atom. The summed E-state index contributed by atoms with van der Waals surface area (Å²) < 4.78 is 12.6. The van der Waals surface area contributed by atoms with Gasteiger partial charge in [0.25, 0.3) is 0 Å². The van der Waals surface area contributed by atoms with Gasteiger partial charge >= 0.3 is 0 Å².